The fourth-order valence-corrected chi connectivity index (χ4v) is 2.53. The standard InChI is InChI=1S/C17H12BrNO5/c18-13-6-16-15(23-10-24-16)5-12(13)8-22-17(20)9-21-14-4-2-1-3-11(14)7-19/h1-6H,8-10H2. The van der Waals surface area contributed by atoms with E-state index >= 15 is 0 Å². The number of benzene rings is 2. The van der Waals surface area contributed by atoms with Crippen LogP contribution in [0.4, 0.5) is 0 Å². The maximum absolute atomic E-state index is 11.8. The van der Waals surface area contributed by atoms with Crippen molar-refractivity contribution in [3.05, 3.63) is 52.0 Å². The number of hydrogen-bond acceptors (Lipinski definition) is 6. The molecule has 0 amide bonds. The first-order valence-electron chi connectivity index (χ1n) is 7.03. The van der Waals surface area contributed by atoms with Gasteiger partial charge in [0.15, 0.2) is 18.1 Å². The average Bonchev–Trinajstić information content (AvgIpc) is 3.05. The summed E-state index contributed by atoms with van der Waals surface area (Å²) >= 11 is 3.40. The monoisotopic (exact) mass is 389 g/mol. The SMILES string of the molecule is N#Cc1ccccc1OCC(=O)OCc1cc2c(cc1Br)OCO2. The molecule has 1 heterocycles. The number of carbonyl (C=O) groups is 1. The van der Waals surface area contributed by atoms with Crippen LogP contribution in [0.15, 0.2) is 40.9 Å². The lowest BCUT2D eigenvalue weighted by atomic mass is 10.2. The minimum absolute atomic E-state index is 0.0688. The van der Waals surface area contributed by atoms with Gasteiger partial charge in [-0.1, -0.05) is 28.1 Å². The van der Waals surface area contributed by atoms with Crippen LogP contribution in [-0.4, -0.2) is 19.4 Å². The summed E-state index contributed by atoms with van der Waals surface area (Å²) in [5.74, 6) is 1.07. The highest BCUT2D eigenvalue weighted by atomic mass is 79.9. The third kappa shape index (κ3) is 3.60. The first-order valence-corrected chi connectivity index (χ1v) is 7.82. The first kappa shape index (κ1) is 16.1. The summed E-state index contributed by atoms with van der Waals surface area (Å²) < 4.78 is 21.8. The quantitative estimate of drug-likeness (QED) is 0.730. The van der Waals surface area contributed by atoms with E-state index in [0.29, 0.717) is 22.8 Å². The van der Waals surface area contributed by atoms with E-state index in [-0.39, 0.29) is 20.0 Å². The Bertz CT molecular complexity index is 815. The Kier molecular flexibility index (Phi) is 4.87. The van der Waals surface area contributed by atoms with Crippen molar-refractivity contribution in [1.29, 1.82) is 5.26 Å². The molecule has 2 aromatic rings. The third-order valence-corrected chi connectivity index (χ3v) is 4.02. The Labute approximate surface area is 146 Å². The summed E-state index contributed by atoms with van der Waals surface area (Å²) in [5.41, 5.74) is 1.12. The van der Waals surface area contributed by atoms with Crippen molar-refractivity contribution in [3.63, 3.8) is 0 Å². The molecule has 1 aliphatic rings. The molecule has 0 aliphatic carbocycles. The Morgan fingerprint density at radius 2 is 2.00 bits per heavy atom. The highest BCUT2D eigenvalue weighted by Gasteiger charge is 2.17. The average molecular weight is 390 g/mol. The highest BCUT2D eigenvalue weighted by molar-refractivity contribution is 9.10. The van der Waals surface area contributed by atoms with Crippen LogP contribution in [-0.2, 0) is 16.1 Å². The molecular formula is C17H12BrNO5. The second-order valence-corrected chi connectivity index (χ2v) is 5.71. The summed E-state index contributed by atoms with van der Waals surface area (Å²) in [4.78, 5) is 11.8. The number of halogens is 1. The van der Waals surface area contributed by atoms with Crippen molar-refractivity contribution >= 4 is 21.9 Å². The number of carbonyl (C=O) groups excluding carboxylic acids is 1. The maximum atomic E-state index is 11.8. The molecule has 7 heteroatoms. The third-order valence-electron chi connectivity index (χ3n) is 3.28. The van der Waals surface area contributed by atoms with Gasteiger partial charge >= 0.3 is 5.97 Å². The summed E-state index contributed by atoms with van der Waals surface area (Å²) in [5, 5.41) is 8.97. The van der Waals surface area contributed by atoms with E-state index in [1.807, 2.05) is 6.07 Å². The van der Waals surface area contributed by atoms with Gasteiger partial charge in [0.05, 0.1) is 5.56 Å². The first-order chi connectivity index (χ1) is 11.7. The predicted molar refractivity (Wildman–Crippen MR) is 86.7 cm³/mol. The molecule has 0 fully saturated rings. The Balaban J connectivity index is 1.56. The van der Waals surface area contributed by atoms with E-state index in [0.717, 1.165) is 10.0 Å². The summed E-state index contributed by atoms with van der Waals surface area (Å²) in [6, 6.07) is 12.2. The van der Waals surface area contributed by atoms with Gasteiger partial charge in [0.25, 0.3) is 0 Å². The molecule has 6 nitrogen and oxygen atoms in total. The van der Waals surface area contributed by atoms with Gasteiger partial charge in [0.2, 0.25) is 6.79 Å². The molecule has 1 aliphatic heterocycles. The molecule has 0 saturated heterocycles. The van der Waals surface area contributed by atoms with Crippen LogP contribution in [0.3, 0.4) is 0 Å². The van der Waals surface area contributed by atoms with E-state index in [9.17, 15) is 4.79 Å². The van der Waals surface area contributed by atoms with Gasteiger partial charge in [-0.15, -0.1) is 0 Å². The van der Waals surface area contributed by atoms with Gasteiger partial charge in [-0.3, -0.25) is 0 Å². The molecule has 0 saturated carbocycles. The van der Waals surface area contributed by atoms with Gasteiger partial charge in [-0.2, -0.15) is 5.26 Å². The predicted octanol–water partition coefficient (Wildman–Crippen LogP) is 3.17. The minimum Gasteiger partial charge on any atom is -0.481 e. The van der Waals surface area contributed by atoms with Crippen LogP contribution in [0.1, 0.15) is 11.1 Å². The molecule has 122 valence electrons. The van der Waals surface area contributed by atoms with Gasteiger partial charge in [-0.05, 0) is 24.3 Å². The fourth-order valence-electron chi connectivity index (χ4n) is 2.09. The van der Waals surface area contributed by atoms with Crippen molar-refractivity contribution in [2.45, 2.75) is 6.61 Å². The van der Waals surface area contributed by atoms with Crippen LogP contribution in [0, 0.1) is 11.3 Å². The molecule has 24 heavy (non-hydrogen) atoms. The zero-order chi connectivity index (χ0) is 16.9. The number of nitrogens with zero attached hydrogens (tertiary/aromatic N) is 1. The largest absolute Gasteiger partial charge is 0.481 e. The van der Waals surface area contributed by atoms with Crippen LogP contribution in [0.2, 0.25) is 0 Å². The van der Waals surface area contributed by atoms with Crippen LogP contribution in [0.25, 0.3) is 0 Å². The number of hydrogen-bond donors (Lipinski definition) is 0. The number of esters is 1. The molecule has 0 spiro atoms. The Morgan fingerprint density at radius 3 is 2.79 bits per heavy atom. The molecule has 0 N–H and O–H groups in total. The van der Waals surface area contributed by atoms with Gasteiger partial charge in [0.1, 0.15) is 18.4 Å². The van der Waals surface area contributed by atoms with E-state index in [2.05, 4.69) is 15.9 Å². The van der Waals surface area contributed by atoms with E-state index in [1.54, 1.807) is 36.4 Å². The van der Waals surface area contributed by atoms with Crippen molar-refractivity contribution in [2.75, 3.05) is 13.4 Å². The fraction of sp³-hybridized carbons (Fsp3) is 0.176. The number of rotatable bonds is 5. The zero-order valence-electron chi connectivity index (χ0n) is 12.5. The minimum atomic E-state index is -0.535. The van der Waals surface area contributed by atoms with Crippen molar-refractivity contribution in [2.24, 2.45) is 0 Å². The maximum Gasteiger partial charge on any atom is 0.344 e. The normalized spacial score (nSPS) is 11.7. The van der Waals surface area contributed by atoms with Crippen LogP contribution >= 0.6 is 15.9 Å². The van der Waals surface area contributed by atoms with Gasteiger partial charge in [-0.25, -0.2) is 4.79 Å². The molecule has 0 atom stereocenters. The molecule has 2 aromatic carbocycles. The summed E-state index contributed by atoms with van der Waals surface area (Å²) in [6.45, 7) is -0.0304. The molecular weight excluding hydrogens is 378 g/mol. The van der Waals surface area contributed by atoms with Crippen LogP contribution in [0.5, 0.6) is 17.2 Å². The van der Waals surface area contributed by atoms with Gasteiger partial charge in [0, 0.05) is 10.0 Å². The van der Waals surface area contributed by atoms with Crippen molar-refractivity contribution in [3.8, 4) is 23.3 Å². The van der Waals surface area contributed by atoms with Crippen molar-refractivity contribution < 1.29 is 23.7 Å². The Morgan fingerprint density at radius 1 is 1.25 bits per heavy atom. The molecule has 3 rings (SSSR count). The second kappa shape index (κ2) is 7.23. The number of fused-ring (bicyclic) bond motifs is 1. The summed E-state index contributed by atoms with van der Waals surface area (Å²) in [6.07, 6.45) is 0. The highest BCUT2D eigenvalue weighted by Crippen LogP contribution is 2.37. The van der Waals surface area contributed by atoms with Crippen LogP contribution < -0.4 is 14.2 Å². The molecule has 0 aromatic heterocycles. The lowest BCUT2D eigenvalue weighted by molar-refractivity contribution is -0.147. The molecule has 0 unspecified atom stereocenters. The topological polar surface area (TPSA) is 77.8 Å². The lowest BCUT2D eigenvalue weighted by Crippen LogP contribution is -2.15. The van der Waals surface area contributed by atoms with E-state index in [4.69, 9.17) is 24.2 Å². The second-order valence-electron chi connectivity index (χ2n) is 4.85. The summed E-state index contributed by atoms with van der Waals surface area (Å²) in [7, 11) is 0. The number of nitriles is 1. The molecule has 0 radical (unpaired) electrons. The van der Waals surface area contributed by atoms with Crippen molar-refractivity contribution in [1.82, 2.24) is 0 Å². The van der Waals surface area contributed by atoms with E-state index in [1.165, 1.54) is 0 Å². The lowest BCUT2D eigenvalue weighted by Gasteiger charge is -2.09. The number of ether oxygens (including phenoxy) is 4. The number of para-hydroxylation sites is 1. The smallest absolute Gasteiger partial charge is 0.344 e. The zero-order valence-corrected chi connectivity index (χ0v) is 14.0. The molecule has 0 bridgehead atoms. The van der Waals surface area contributed by atoms with E-state index < -0.39 is 5.97 Å². The Hall–Kier alpha value is -2.72. The van der Waals surface area contributed by atoms with Gasteiger partial charge < -0.3 is 18.9 Å².